The zero-order chi connectivity index (χ0) is 13.7. The number of aliphatic hydroxyl groups is 1. The molecular formula is C11H12F3NO2S. The van der Waals surface area contributed by atoms with Gasteiger partial charge in [0.05, 0.1) is 13.2 Å². The second kappa shape index (κ2) is 6.65. The molecule has 0 aliphatic carbocycles. The summed E-state index contributed by atoms with van der Waals surface area (Å²) in [6.07, 6.45) is -2.70. The molecule has 1 rings (SSSR count). The van der Waals surface area contributed by atoms with Gasteiger partial charge in [0.2, 0.25) is 0 Å². The molecule has 0 aliphatic rings. The number of nitrogens with zero attached hydrogens (tertiary/aromatic N) is 1. The number of alkyl halides is 2. The number of hydrogen-bond acceptors (Lipinski definition) is 3. The van der Waals surface area contributed by atoms with Gasteiger partial charge >= 0.3 is 0 Å². The van der Waals surface area contributed by atoms with Crippen LogP contribution in [-0.2, 0) is 0 Å². The Labute approximate surface area is 108 Å². The van der Waals surface area contributed by atoms with Crippen molar-refractivity contribution in [1.82, 2.24) is 4.90 Å². The van der Waals surface area contributed by atoms with Crippen LogP contribution in [0.15, 0.2) is 23.1 Å². The smallest absolute Gasteiger partial charge is 0.255 e. The van der Waals surface area contributed by atoms with Gasteiger partial charge in [-0.1, -0.05) is 0 Å². The van der Waals surface area contributed by atoms with Crippen molar-refractivity contribution in [3.63, 3.8) is 0 Å². The van der Waals surface area contributed by atoms with Gasteiger partial charge in [-0.25, -0.2) is 13.2 Å². The highest BCUT2D eigenvalue weighted by Crippen LogP contribution is 2.16. The Balaban J connectivity index is 2.90. The topological polar surface area (TPSA) is 40.5 Å². The third kappa shape index (κ3) is 3.92. The van der Waals surface area contributed by atoms with Gasteiger partial charge in [0, 0.05) is 17.0 Å². The first-order chi connectivity index (χ1) is 8.45. The molecule has 0 spiro atoms. The quantitative estimate of drug-likeness (QED) is 0.807. The molecular weight excluding hydrogens is 267 g/mol. The number of aliphatic hydroxyl groups excluding tert-OH is 1. The lowest BCUT2D eigenvalue weighted by Crippen LogP contribution is -2.37. The van der Waals surface area contributed by atoms with Crippen LogP contribution in [0.2, 0.25) is 0 Å². The third-order valence-electron chi connectivity index (χ3n) is 2.21. The van der Waals surface area contributed by atoms with Gasteiger partial charge in [-0.05, 0) is 18.2 Å². The van der Waals surface area contributed by atoms with Crippen LogP contribution in [0.1, 0.15) is 10.4 Å². The van der Waals surface area contributed by atoms with E-state index in [1.807, 2.05) is 0 Å². The van der Waals surface area contributed by atoms with Crippen LogP contribution >= 0.6 is 12.6 Å². The zero-order valence-electron chi connectivity index (χ0n) is 9.31. The highest BCUT2D eigenvalue weighted by Gasteiger charge is 2.19. The molecule has 0 radical (unpaired) electrons. The molecule has 0 fully saturated rings. The van der Waals surface area contributed by atoms with Crippen LogP contribution in [0.4, 0.5) is 13.2 Å². The molecule has 0 saturated carbocycles. The Hall–Kier alpha value is -1.21. The van der Waals surface area contributed by atoms with Crippen LogP contribution < -0.4 is 0 Å². The second-order valence-electron chi connectivity index (χ2n) is 3.53. The van der Waals surface area contributed by atoms with Crippen molar-refractivity contribution in [2.24, 2.45) is 0 Å². The van der Waals surface area contributed by atoms with Crippen molar-refractivity contribution in [2.75, 3.05) is 19.7 Å². The Morgan fingerprint density at radius 2 is 2.11 bits per heavy atom. The number of carbonyl (C=O) groups excluding carboxylic acids is 1. The lowest BCUT2D eigenvalue weighted by molar-refractivity contribution is 0.0509. The number of amides is 1. The largest absolute Gasteiger partial charge is 0.395 e. The van der Waals surface area contributed by atoms with Crippen LogP contribution in [0, 0.1) is 5.82 Å². The molecule has 1 aromatic rings. The molecule has 3 nitrogen and oxygen atoms in total. The summed E-state index contributed by atoms with van der Waals surface area (Å²) in [6.45, 7) is -1.41. The maximum atomic E-state index is 13.0. The van der Waals surface area contributed by atoms with E-state index in [4.69, 9.17) is 5.11 Å². The molecule has 1 amide bonds. The second-order valence-corrected chi connectivity index (χ2v) is 4.01. The summed E-state index contributed by atoms with van der Waals surface area (Å²) in [5.74, 6) is -1.29. The summed E-state index contributed by atoms with van der Waals surface area (Å²) < 4.78 is 37.5. The van der Waals surface area contributed by atoms with Gasteiger partial charge in [0.1, 0.15) is 5.82 Å². The number of thiol groups is 1. The number of hydrogen-bond donors (Lipinski definition) is 2. The van der Waals surface area contributed by atoms with Crippen molar-refractivity contribution in [1.29, 1.82) is 0 Å². The Morgan fingerprint density at radius 1 is 1.44 bits per heavy atom. The van der Waals surface area contributed by atoms with Crippen LogP contribution in [-0.4, -0.2) is 42.0 Å². The third-order valence-corrected chi connectivity index (χ3v) is 2.55. The minimum absolute atomic E-state index is 0.0400. The van der Waals surface area contributed by atoms with E-state index in [0.29, 0.717) is 0 Å². The normalized spacial score (nSPS) is 10.8. The van der Waals surface area contributed by atoms with Gasteiger partial charge in [-0.15, -0.1) is 12.6 Å². The Bertz CT molecular complexity index is 429. The molecule has 0 saturated heterocycles. The minimum Gasteiger partial charge on any atom is -0.395 e. The molecule has 0 unspecified atom stereocenters. The average Bonchev–Trinajstić information content (AvgIpc) is 2.31. The number of benzene rings is 1. The predicted molar refractivity (Wildman–Crippen MR) is 62.6 cm³/mol. The average molecular weight is 279 g/mol. The van der Waals surface area contributed by atoms with Crippen molar-refractivity contribution in [3.8, 4) is 0 Å². The fraction of sp³-hybridized carbons (Fsp3) is 0.364. The van der Waals surface area contributed by atoms with Crippen molar-refractivity contribution < 1.29 is 23.1 Å². The van der Waals surface area contributed by atoms with Crippen LogP contribution in [0.25, 0.3) is 0 Å². The fourth-order valence-electron chi connectivity index (χ4n) is 1.39. The molecule has 7 heteroatoms. The van der Waals surface area contributed by atoms with Gasteiger partial charge < -0.3 is 10.0 Å². The SMILES string of the molecule is O=C(c1ccc(F)c(S)c1)N(CCO)CC(F)F. The van der Waals surface area contributed by atoms with Crippen molar-refractivity contribution in [3.05, 3.63) is 29.6 Å². The maximum absolute atomic E-state index is 13.0. The monoisotopic (exact) mass is 279 g/mol. The molecule has 0 aliphatic heterocycles. The minimum atomic E-state index is -2.70. The first-order valence-corrected chi connectivity index (χ1v) is 5.57. The molecule has 18 heavy (non-hydrogen) atoms. The fourth-order valence-corrected chi connectivity index (χ4v) is 1.60. The van der Waals surface area contributed by atoms with E-state index in [0.717, 1.165) is 17.0 Å². The lowest BCUT2D eigenvalue weighted by Gasteiger charge is -2.21. The zero-order valence-corrected chi connectivity index (χ0v) is 10.2. The number of rotatable bonds is 5. The van der Waals surface area contributed by atoms with Gasteiger partial charge in [-0.3, -0.25) is 4.79 Å². The Morgan fingerprint density at radius 3 is 2.61 bits per heavy atom. The van der Waals surface area contributed by atoms with Gasteiger partial charge in [0.15, 0.2) is 0 Å². The van der Waals surface area contributed by atoms with Crippen molar-refractivity contribution >= 4 is 18.5 Å². The molecule has 1 N–H and O–H groups in total. The molecule has 1 aromatic carbocycles. The molecule has 0 atom stereocenters. The molecule has 0 heterocycles. The van der Waals surface area contributed by atoms with Crippen LogP contribution in [0.5, 0.6) is 0 Å². The summed E-state index contributed by atoms with van der Waals surface area (Å²) in [5, 5.41) is 8.73. The number of halogens is 3. The highest BCUT2D eigenvalue weighted by atomic mass is 32.1. The van der Waals surface area contributed by atoms with E-state index in [1.54, 1.807) is 0 Å². The van der Waals surface area contributed by atoms with E-state index in [1.165, 1.54) is 6.07 Å². The summed E-state index contributed by atoms with van der Waals surface area (Å²) in [7, 11) is 0. The summed E-state index contributed by atoms with van der Waals surface area (Å²) in [4.78, 5) is 12.6. The van der Waals surface area contributed by atoms with Crippen molar-refractivity contribution in [2.45, 2.75) is 11.3 Å². The van der Waals surface area contributed by atoms with E-state index >= 15 is 0 Å². The maximum Gasteiger partial charge on any atom is 0.255 e. The van der Waals surface area contributed by atoms with E-state index < -0.39 is 31.3 Å². The first kappa shape index (κ1) is 14.8. The first-order valence-electron chi connectivity index (χ1n) is 5.12. The van der Waals surface area contributed by atoms with E-state index in [-0.39, 0.29) is 17.0 Å². The van der Waals surface area contributed by atoms with Crippen LogP contribution in [0.3, 0.4) is 0 Å². The standard InChI is InChI=1S/C11H12F3NO2S/c12-8-2-1-7(5-9(8)18)11(17)15(3-4-16)6-10(13)14/h1-2,5,10,16,18H,3-4,6H2. The summed E-state index contributed by atoms with van der Waals surface area (Å²) in [6, 6.07) is 3.39. The Kier molecular flexibility index (Phi) is 5.49. The molecule has 0 bridgehead atoms. The van der Waals surface area contributed by atoms with Gasteiger partial charge in [-0.2, -0.15) is 0 Å². The number of carbonyl (C=O) groups is 1. The van der Waals surface area contributed by atoms with E-state index in [9.17, 15) is 18.0 Å². The van der Waals surface area contributed by atoms with Gasteiger partial charge in [0.25, 0.3) is 12.3 Å². The lowest BCUT2D eigenvalue weighted by atomic mass is 10.2. The molecule has 0 aromatic heterocycles. The van der Waals surface area contributed by atoms with E-state index in [2.05, 4.69) is 12.6 Å². The molecule has 100 valence electrons. The highest BCUT2D eigenvalue weighted by molar-refractivity contribution is 7.80. The predicted octanol–water partition coefficient (Wildman–Crippen LogP) is 1.81. The summed E-state index contributed by atoms with van der Waals surface area (Å²) in [5.41, 5.74) is 0.0514. The summed E-state index contributed by atoms with van der Waals surface area (Å²) >= 11 is 3.81.